The smallest absolute Gasteiger partial charge is 0.482 e. The molecule has 1 aliphatic carbocycles. The quantitative estimate of drug-likeness (QED) is 0.551. The number of benzene rings is 2. The predicted octanol–water partition coefficient (Wildman–Crippen LogP) is 7.12. The van der Waals surface area contributed by atoms with Crippen molar-refractivity contribution in [3.05, 3.63) is 42.5 Å². The molecule has 0 aliphatic heterocycles. The molecule has 27 heavy (non-hydrogen) atoms. The van der Waals surface area contributed by atoms with Gasteiger partial charge in [0.1, 0.15) is 5.60 Å². The molecule has 2 nitrogen and oxygen atoms in total. The fourth-order valence-electron chi connectivity index (χ4n) is 3.97. The summed E-state index contributed by atoms with van der Waals surface area (Å²) in [6.45, 7) is 7.93. The molecule has 0 spiro atoms. The van der Waals surface area contributed by atoms with E-state index in [1.807, 2.05) is 6.07 Å². The van der Waals surface area contributed by atoms with Crippen molar-refractivity contribution in [2.24, 2.45) is 5.92 Å². The van der Waals surface area contributed by atoms with Gasteiger partial charge < -0.3 is 9.47 Å². The Labute approximate surface area is 158 Å². The number of hydrogen-bond donors (Lipinski definition) is 0. The van der Waals surface area contributed by atoms with Crippen LogP contribution in [0, 0.1) is 5.92 Å². The van der Waals surface area contributed by atoms with Crippen molar-refractivity contribution < 1.29 is 22.6 Å². The first-order valence-corrected chi connectivity index (χ1v) is 9.39. The highest BCUT2D eigenvalue weighted by molar-refractivity contribution is 5.96. The molecule has 1 saturated carbocycles. The van der Waals surface area contributed by atoms with Crippen molar-refractivity contribution in [3.8, 4) is 11.5 Å². The number of hydrogen-bond acceptors (Lipinski definition) is 2. The second-order valence-electron chi connectivity index (χ2n) is 7.47. The van der Waals surface area contributed by atoms with E-state index in [1.54, 1.807) is 24.3 Å². The summed E-state index contributed by atoms with van der Waals surface area (Å²) in [6.07, 6.45) is 1.71. The van der Waals surface area contributed by atoms with Gasteiger partial charge in [0, 0.05) is 5.39 Å². The van der Waals surface area contributed by atoms with Gasteiger partial charge in [0.05, 0.1) is 0 Å². The lowest BCUT2D eigenvalue weighted by Gasteiger charge is -2.41. The Morgan fingerprint density at radius 1 is 1.04 bits per heavy atom. The molecule has 2 aromatic rings. The Morgan fingerprint density at radius 2 is 1.74 bits per heavy atom. The van der Waals surface area contributed by atoms with Gasteiger partial charge in [-0.05, 0) is 54.7 Å². The highest BCUT2D eigenvalue weighted by Gasteiger charge is 2.40. The summed E-state index contributed by atoms with van der Waals surface area (Å²) in [5.74, 6) is 0.0558. The topological polar surface area (TPSA) is 18.5 Å². The third-order valence-corrected chi connectivity index (χ3v) is 5.51. The average Bonchev–Trinajstić information content (AvgIpc) is 2.62. The van der Waals surface area contributed by atoms with E-state index in [2.05, 4.69) is 25.2 Å². The van der Waals surface area contributed by atoms with Gasteiger partial charge in [0.15, 0.2) is 11.5 Å². The van der Waals surface area contributed by atoms with E-state index >= 15 is 0 Å². The van der Waals surface area contributed by atoms with E-state index in [1.165, 1.54) is 6.07 Å². The van der Waals surface area contributed by atoms with E-state index in [0.717, 1.165) is 43.1 Å². The summed E-state index contributed by atoms with van der Waals surface area (Å²) in [5, 5.41) is 1.41. The summed E-state index contributed by atoms with van der Waals surface area (Å²) in [6, 6.07) is 8.42. The van der Waals surface area contributed by atoms with Gasteiger partial charge in [-0.3, -0.25) is 0 Å². The fraction of sp³-hybridized carbons (Fsp3) is 0.455. The van der Waals surface area contributed by atoms with Crippen LogP contribution in [0.3, 0.4) is 0 Å². The SMILES string of the molecule is C=Cc1cccc2c(OC3(C(C)C)CCCCC3)c(OC(F)(F)F)ccc12. The molecule has 0 bridgehead atoms. The van der Waals surface area contributed by atoms with Gasteiger partial charge in [-0.1, -0.05) is 51.1 Å². The highest BCUT2D eigenvalue weighted by atomic mass is 19.4. The molecule has 2 aromatic carbocycles. The second-order valence-corrected chi connectivity index (χ2v) is 7.47. The van der Waals surface area contributed by atoms with Crippen LogP contribution in [0.1, 0.15) is 51.5 Å². The zero-order chi connectivity index (χ0) is 19.7. The summed E-state index contributed by atoms with van der Waals surface area (Å²) in [7, 11) is 0. The minimum absolute atomic E-state index is 0.170. The van der Waals surface area contributed by atoms with E-state index < -0.39 is 12.0 Å². The Kier molecular flexibility index (Phi) is 5.41. The summed E-state index contributed by atoms with van der Waals surface area (Å²) >= 11 is 0. The molecular formula is C22H25F3O2. The Hall–Kier alpha value is -2.17. The lowest BCUT2D eigenvalue weighted by molar-refractivity contribution is -0.275. The first kappa shape index (κ1) is 19.6. The maximum absolute atomic E-state index is 13.0. The average molecular weight is 378 g/mol. The largest absolute Gasteiger partial charge is 0.573 e. The number of alkyl halides is 3. The summed E-state index contributed by atoms with van der Waals surface area (Å²) < 4.78 is 49.8. The van der Waals surface area contributed by atoms with Crippen molar-refractivity contribution in [1.82, 2.24) is 0 Å². The van der Waals surface area contributed by atoms with Gasteiger partial charge in [0.2, 0.25) is 0 Å². The van der Waals surface area contributed by atoms with Gasteiger partial charge >= 0.3 is 6.36 Å². The van der Waals surface area contributed by atoms with Crippen LogP contribution in [0.5, 0.6) is 11.5 Å². The van der Waals surface area contributed by atoms with Crippen LogP contribution >= 0.6 is 0 Å². The molecule has 0 atom stereocenters. The lowest BCUT2D eigenvalue weighted by Crippen LogP contribution is -2.43. The zero-order valence-corrected chi connectivity index (χ0v) is 15.7. The van der Waals surface area contributed by atoms with E-state index in [0.29, 0.717) is 5.39 Å². The molecule has 3 rings (SSSR count). The molecule has 0 amide bonds. The first-order valence-electron chi connectivity index (χ1n) is 9.39. The maximum atomic E-state index is 13.0. The normalized spacial score (nSPS) is 17.1. The molecule has 0 heterocycles. The van der Waals surface area contributed by atoms with Crippen molar-refractivity contribution in [1.29, 1.82) is 0 Å². The molecule has 1 fully saturated rings. The molecule has 0 unspecified atom stereocenters. The second kappa shape index (κ2) is 7.45. The van der Waals surface area contributed by atoms with Gasteiger partial charge in [-0.2, -0.15) is 0 Å². The van der Waals surface area contributed by atoms with Crippen LogP contribution in [-0.4, -0.2) is 12.0 Å². The van der Waals surface area contributed by atoms with Crippen molar-refractivity contribution >= 4 is 16.8 Å². The Balaban J connectivity index is 2.17. The molecule has 5 heteroatoms. The molecule has 0 aromatic heterocycles. The van der Waals surface area contributed by atoms with Crippen LogP contribution in [0.15, 0.2) is 36.9 Å². The molecule has 1 aliphatic rings. The third kappa shape index (κ3) is 4.07. The van der Waals surface area contributed by atoms with E-state index in [9.17, 15) is 13.2 Å². The van der Waals surface area contributed by atoms with Gasteiger partial charge in [0.25, 0.3) is 0 Å². The van der Waals surface area contributed by atoms with Crippen molar-refractivity contribution in [3.63, 3.8) is 0 Å². The lowest BCUT2D eigenvalue weighted by atomic mass is 9.77. The number of rotatable bonds is 5. The number of halogens is 3. The van der Waals surface area contributed by atoms with E-state index in [-0.39, 0.29) is 17.4 Å². The third-order valence-electron chi connectivity index (χ3n) is 5.51. The Bertz CT molecular complexity index is 818. The van der Waals surface area contributed by atoms with Gasteiger partial charge in [-0.25, -0.2) is 0 Å². The van der Waals surface area contributed by atoms with Crippen LogP contribution in [-0.2, 0) is 0 Å². The van der Waals surface area contributed by atoms with Crippen LogP contribution in [0.25, 0.3) is 16.8 Å². The number of fused-ring (bicyclic) bond motifs is 1. The highest BCUT2D eigenvalue weighted by Crippen LogP contribution is 2.46. The standard InChI is InChI=1S/C22H25F3O2/c1-4-16-9-8-10-18-17(16)11-12-19(26-22(23,24)25)20(18)27-21(15(2)3)13-6-5-7-14-21/h4,8-12,15H,1,5-7,13-14H2,2-3H3. The van der Waals surface area contributed by atoms with E-state index in [4.69, 9.17) is 4.74 Å². The monoisotopic (exact) mass is 378 g/mol. The minimum atomic E-state index is -4.78. The van der Waals surface area contributed by atoms with Gasteiger partial charge in [-0.15, -0.1) is 13.2 Å². The van der Waals surface area contributed by atoms with Crippen LogP contribution in [0.2, 0.25) is 0 Å². The zero-order valence-electron chi connectivity index (χ0n) is 15.7. The van der Waals surface area contributed by atoms with Crippen molar-refractivity contribution in [2.75, 3.05) is 0 Å². The molecule has 0 radical (unpaired) electrons. The maximum Gasteiger partial charge on any atom is 0.573 e. The fourth-order valence-corrected chi connectivity index (χ4v) is 3.97. The first-order chi connectivity index (χ1) is 12.8. The minimum Gasteiger partial charge on any atom is -0.482 e. The summed E-state index contributed by atoms with van der Waals surface area (Å²) in [4.78, 5) is 0. The number of ether oxygens (including phenoxy) is 2. The summed E-state index contributed by atoms with van der Waals surface area (Å²) in [5.41, 5.74) is 0.360. The molecule has 146 valence electrons. The van der Waals surface area contributed by atoms with Crippen LogP contribution in [0.4, 0.5) is 13.2 Å². The molecular weight excluding hydrogens is 353 g/mol. The molecule has 0 saturated heterocycles. The van der Waals surface area contributed by atoms with Crippen LogP contribution < -0.4 is 9.47 Å². The Morgan fingerprint density at radius 3 is 2.33 bits per heavy atom. The van der Waals surface area contributed by atoms with Crippen molar-refractivity contribution in [2.45, 2.75) is 57.9 Å². The molecule has 0 N–H and O–H groups in total. The predicted molar refractivity (Wildman–Crippen MR) is 102 cm³/mol.